The molecule has 0 radical (unpaired) electrons. The summed E-state index contributed by atoms with van der Waals surface area (Å²) in [6, 6.07) is 0.871. The summed E-state index contributed by atoms with van der Waals surface area (Å²) in [6.45, 7) is 8.47. The van der Waals surface area contributed by atoms with Crippen molar-refractivity contribution in [2.24, 2.45) is 5.92 Å². The highest BCUT2D eigenvalue weighted by molar-refractivity contribution is 4.88. The zero-order chi connectivity index (χ0) is 9.80. The molecular weight excluding hydrogens is 172 g/mol. The summed E-state index contributed by atoms with van der Waals surface area (Å²) >= 11 is 0. The lowest BCUT2D eigenvalue weighted by atomic mass is 10.4. The molecule has 0 amide bonds. The Morgan fingerprint density at radius 2 is 2.07 bits per heavy atom. The van der Waals surface area contributed by atoms with Gasteiger partial charge in [0.25, 0.3) is 0 Å². The number of rotatable bonds is 8. The lowest BCUT2D eigenvalue weighted by molar-refractivity contribution is 0.290. The van der Waals surface area contributed by atoms with Gasteiger partial charge in [0, 0.05) is 25.7 Å². The van der Waals surface area contributed by atoms with E-state index in [9.17, 15) is 0 Å². The third kappa shape index (κ3) is 3.43. The van der Waals surface area contributed by atoms with Gasteiger partial charge < -0.3 is 5.32 Å². The smallest absolute Gasteiger partial charge is 0.0164 e. The average Bonchev–Trinajstić information content (AvgIpc) is 3.03. The quantitative estimate of drug-likeness (QED) is 0.467. The molecule has 2 rings (SSSR count). The summed E-state index contributed by atoms with van der Waals surface area (Å²) in [4.78, 5) is 2.55. The summed E-state index contributed by atoms with van der Waals surface area (Å²) in [6.07, 6.45) is 7.73. The van der Waals surface area contributed by atoms with Gasteiger partial charge in [-0.2, -0.15) is 0 Å². The molecule has 2 saturated carbocycles. The summed E-state index contributed by atoms with van der Waals surface area (Å²) in [5.74, 6) is 1.00. The Balaban J connectivity index is 1.53. The van der Waals surface area contributed by atoms with E-state index < -0.39 is 0 Å². The monoisotopic (exact) mass is 194 g/mol. The maximum absolute atomic E-state index is 3.82. The van der Waals surface area contributed by atoms with Crippen LogP contribution in [0.2, 0.25) is 0 Å². The van der Waals surface area contributed by atoms with Crippen LogP contribution >= 0.6 is 0 Å². The van der Waals surface area contributed by atoms with Crippen molar-refractivity contribution < 1.29 is 0 Å². The highest BCUT2D eigenvalue weighted by atomic mass is 15.2. The van der Waals surface area contributed by atoms with E-state index in [0.717, 1.165) is 25.0 Å². The third-order valence-corrected chi connectivity index (χ3v) is 3.13. The van der Waals surface area contributed by atoms with Gasteiger partial charge >= 0.3 is 0 Å². The largest absolute Gasteiger partial charge is 0.315 e. The first kappa shape index (κ1) is 10.2. The van der Waals surface area contributed by atoms with Crippen LogP contribution in [0.1, 0.15) is 25.7 Å². The van der Waals surface area contributed by atoms with Crippen molar-refractivity contribution in [2.45, 2.75) is 31.7 Å². The minimum Gasteiger partial charge on any atom is -0.315 e. The van der Waals surface area contributed by atoms with Crippen molar-refractivity contribution in [3.63, 3.8) is 0 Å². The molecule has 0 heterocycles. The van der Waals surface area contributed by atoms with E-state index in [-0.39, 0.29) is 0 Å². The SMILES string of the molecule is C=CCN(CCNCC1CC1)C1CC1. The highest BCUT2D eigenvalue weighted by Crippen LogP contribution is 2.28. The Labute approximate surface area is 87.4 Å². The molecule has 2 nitrogen and oxygen atoms in total. The first-order chi connectivity index (χ1) is 6.90. The summed E-state index contributed by atoms with van der Waals surface area (Å²) in [5.41, 5.74) is 0. The minimum atomic E-state index is 0.871. The van der Waals surface area contributed by atoms with Crippen LogP contribution in [0.3, 0.4) is 0 Å². The molecule has 2 fully saturated rings. The molecule has 2 aliphatic carbocycles. The molecule has 0 aromatic rings. The van der Waals surface area contributed by atoms with Crippen molar-refractivity contribution in [1.29, 1.82) is 0 Å². The summed E-state index contributed by atoms with van der Waals surface area (Å²) in [5, 5.41) is 3.54. The molecule has 2 aliphatic rings. The van der Waals surface area contributed by atoms with Gasteiger partial charge in [-0.05, 0) is 38.1 Å². The van der Waals surface area contributed by atoms with Gasteiger partial charge in [-0.25, -0.2) is 0 Å². The van der Waals surface area contributed by atoms with Gasteiger partial charge in [-0.1, -0.05) is 6.08 Å². The zero-order valence-electron chi connectivity index (χ0n) is 9.04. The van der Waals surface area contributed by atoms with Crippen molar-refractivity contribution >= 4 is 0 Å². The van der Waals surface area contributed by atoms with Gasteiger partial charge in [-0.3, -0.25) is 4.90 Å². The third-order valence-electron chi connectivity index (χ3n) is 3.13. The van der Waals surface area contributed by atoms with Crippen molar-refractivity contribution in [3.05, 3.63) is 12.7 Å². The molecular formula is C12H22N2. The second-order valence-corrected chi connectivity index (χ2v) is 4.66. The van der Waals surface area contributed by atoms with Crippen LogP contribution in [-0.2, 0) is 0 Å². The molecule has 0 aromatic carbocycles. The average molecular weight is 194 g/mol. The predicted molar refractivity (Wildman–Crippen MR) is 60.4 cm³/mol. The second kappa shape index (κ2) is 4.94. The predicted octanol–water partition coefficient (Wildman–Crippen LogP) is 1.64. The van der Waals surface area contributed by atoms with Crippen LogP contribution in [0.5, 0.6) is 0 Å². The molecule has 1 N–H and O–H groups in total. The first-order valence-corrected chi connectivity index (χ1v) is 5.96. The maximum atomic E-state index is 3.82. The van der Waals surface area contributed by atoms with E-state index in [1.807, 2.05) is 6.08 Å². The Bertz CT molecular complexity index is 183. The molecule has 0 aliphatic heterocycles. The van der Waals surface area contributed by atoms with Crippen molar-refractivity contribution in [1.82, 2.24) is 10.2 Å². The Morgan fingerprint density at radius 3 is 2.64 bits per heavy atom. The van der Waals surface area contributed by atoms with E-state index >= 15 is 0 Å². The molecule has 14 heavy (non-hydrogen) atoms. The second-order valence-electron chi connectivity index (χ2n) is 4.66. The van der Waals surface area contributed by atoms with Crippen LogP contribution in [0.25, 0.3) is 0 Å². The van der Waals surface area contributed by atoms with Crippen LogP contribution < -0.4 is 5.32 Å². The number of nitrogens with zero attached hydrogens (tertiary/aromatic N) is 1. The fourth-order valence-corrected chi connectivity index (χ4v) is 1.88. The number of hydrogen-bond donors (Lipinski definition) is 1. The van der Waals surface area contributed by atoms with Crippen molar-refractivity contribution in [3.8, 4) is 0 Å². The Morgan fingerprint density at radius 1 is 1.29 bits per heavy atom. The molecule has 0 aromatic heterocycles. The van der Waals surface area contributed by atoms with Crippen LogP contribution in [0.15, 0.2) is 12.7 Å². The normalized spacial score (nSPS) is 21.5. The molecule has 0 unspecified atom stereocenters. The van der Waals surface area contributed by atoms with Crippen LogP contribution in [-0.4, -0.2) is 37.1 Å². The molecule has 2 heteroatoms. The first-order valence-electron chi connectivity index (χ1n) is 5.96. The lowest BCUT2D eigenvalue weighted by Crippen LogP contribution is -2.34. The van der Waals surface area contributed by atoms with Gasteiger partial charge in [0.2, 0.25) is 0 Å². The fourth-order valence-electron chi connectivity index (χ4n) is 1.88. The Hall–Kier alpha value is -0.340. The molecule has 0 saturated heterocycles. The maximum Gasteiger partial charge on any atom is 0.0164 e. The standard InChI is InChI=1S/C12H22N2/c1-2-8-14(12-5-6-12)9-7-13-10-11-3-4-11/h2,11-13H,1,3-10H2. The van der Waals surface area contributed by atoms with Crippen LogP contribution in [0, 0.1) is 5.92 Å². The summed E-state index contributed by atoms with van der Waals surface area (Å²) < 4.78 is 0. The lowest BCUT2D eigenvalue weighted by Gasteiger charge is -2.20. The van der Waals surface area contributed by atoms with Crippen molar-refractivity contribution in [2.75, 3.05) is 26.2 Å². The summed E-state index contributed by atoms with van der Waals surface area (Å²) in [7, 11) is 0. The van der Waals surface area contributed by atoms with Crippen LogP contribution in [0.4, 0.5) is 0 Å². The van der Waals surface area contributed by atoms with E-state index in [0.29, 0.717) is 0 Å². The van der Waals surface area contributed by atoms with Gasteiger partial charge in [-0.15, -0.1) is 6.58 Å². The van der Waals surface area contributed by atoms with E-state index in [1.165, 1.54) is 38.8 Å². The fraction of sp³-hybridized carbons (Fsp3) is 0.833. The van der Waals surface area contributed by atoms with Gasteiger partial charge in [0.1, 0.15) is 0 Å². The number of hydrogen-bond acceptors (Lipinski definition) is 2. The molecule has 0 spiro atoms. The molecule has 0 bridgehead atoms. The van der Waals surface area contributed by atoms with E-state index in [2.05, 4.69) is 16.8 Å². The minimum absolute atomic E-state index is 0.871. The van der Waals surface area contributed by atoms with Gasteiger partial charge in [0.15, 0.2) is 0 Å². The van der Waals surface area contributed by atoms with E-state index in [4.69, 9.17) is 0 Å². The topological polar surface area (TPSA) is 15.3 Å². The Kier molecular flexibility index (Phi) is 3.60. The van der Waals surface area contributed by atoms with E-state index in [1.54, 1.807) is 0 Å². The van der Waals surface area contributed by atoms with Gasteiger partial charge in [0.05, 0.1) is 0 Å². The number of nitrogens with one attached hydrogen (secondary N) is 1. The highest BCUT2D eigenvalue weighted by Gasteiger charge is 2.27. The zero-order valence-corrected chi connectivity index (χ0v) is 9.04. The molecule has 80 valence electrons. The molecule has 0 atom stereocenters.